The van der Waals surface area contributed by atoms with Gasteiger partial charge in [-0.1, -0.05) is 0 Å². The fraction of sp³-hybridized carbons (Fsp3) is 0.118. The van der Waals surface area contributed by atoms with Crippen molar-refractivity contribution in [1.29, 1.82) is 0 Å². The van der Waals surface area contributed by atoms with Gasteiger partial charge in [0.15, 0.2) is 22.5 Å². The number of carbonyl (C=O) groups excluding carboxylic acids is 2. The van der Waals surface area contributed by atoms with Crippen LogP contribution in [-0.2, 0) is 14.8 Å². The number of halogens is 4. The molecule has 2 aromatic carbocycles. The third-order valence-electron chi connectivity index (χ3n) is 3.58. The van der Waals surface area contributed by atoms with Crippen LogP contribution < -0.4 is 20.1 Å². The molecule has 2 amide bonds. The van der Waals surface area contributed by atoms with E-state index in [-0.39, 0.29) is 10.6 Å². The number of methoxy groups -OCH3 is 1. The molecule has 166 valence electrons. The minimum atomic E-state index is -4.08. The van der Waals surface area contributed by atoms with Crippen molar-refractivity contribution < 1.29 is 40.3 Å². The van der Waals surface area contributed by atoms with Gasteiger partial charge in [0, 0.05) is 12.6 Å². The van der Waals surface area contributed by atoms with Crippen LogP contribution in [0.4, 0.5) is 23.2 Å². The van der Waals surface area contributed by atoms with E-state index in [9.17, 15) is 35.6 Å². The fourth-order valence-corrected chi connectivity index (χ4v) is 3.48. The first-order chi connectivity index (χ1) is 14.4. The molecule has 0 fully saturated rings. The van der Waals surface area contributed by atoms with E-state index in [1.165, 1.54) is 12.1 Å². The molecule has 2 aromatic rings. The van der Waals surface area contributed by atoms with Crippen LogP contribution in [0.25, 0.3) is 0 Å². The Morgan fingerprint density at radius 3 is 1.94 bits per heavy atom. The zero-order chi connectivity index (χ0) is 23.5. The molecule has 0 saturated carbocycles. The highest BCUT2D eigenvalue weighted by Gasteiger charge is 2.30. The maximum absolute atomic E-state index is 14.0. The molecular weight excluding hydrogens is 466 g/mol. The lowest BCUT2D eigenvalue weighted by Crippen LogP contribution is -2.35. The van der Waals surface area contributed by atoms with Gasteiger partial charge in [0.2, 0.25) is 17.5 Å². The Balaban J connectivity index is 2.17. The van der Waals surface area contributed by atoms with Crippen LogP contribution in [0.5, 0.6) is 5.75 Å². The molecule has 2 rings (SSSR count). The molecule has 0 radical (unpaired) electrons. The molecule has 8 nitrogen and oxygen atoms in total. The number of anilines is 1. The number of hydrogen-bond donors (Lipinski definition) is 3. The second-order valence-corrected chi connectivity index (χ2v) is 7.85. The standard InChI is InChI=1S/C17H13F4N3O5S2/c1-7(25)24-31(27,28)9-5-3-8(4-6-9)22-17(30)23-16(26)10-11(18)13(20)15(29-2)14(21)12(10)19/h3-6H,1-2H3,(H,24,25)(H2,22,23,26,30). The predicted molar refractivity (Wildman–Crippen MR) is 104 cm³/mol. The highest BCUT2D eigenvalue weighted by atomic mass is 32.2. The van der Waals surface area contributed by atoms with Crippen molar-refractivity contribution in [2.24, 2.45) is 0 Å². The van der Waals surface area contributed by atoms with Gasteiger partial charge in [-0.05, 0) is 36.5 Å². The molecule has 14 heteroatoms. The smallest absolute Gasteiger partial charge is 0.264 e. The molecule has 0 unspecified atom stereocenters. The molecule has 0 atom stereocenters. The summed E-state index contributed by atoms with van der Waals surface area (Å²) in [4.78, 5) is 22.7. The van der Waals surface area contributed by atoms with Crippen LogP contribution in [0.1, 0.15) is 17.3 Å². The molecule has 0 saturated heterocycles. The molecule has 0 spiro atoms. The summed E-state index contributed by atoms with van der Waals surface area (Å²) in [5.74, 6) is -11.5. The first kappa shape index (κ1) is 24.0. The van der Waals surface area contributed by atoms with E-state index >= 15 is 0 Å². The van der Waals surface area contributed by atoms with E-state index in [1.54, 1.807) is 4.72 Å². The first-order valence-electron chi connectivity index (χ1n) is 8.04. The lowest BCUT2D eigenvalue weighted by atomic mass is 10.1. The molecule has 3 N–H and O–H groups in total. The van der Waals surface area contributed by atoms with Crippen molar-refractivity contribution >= 4 is 44.9 Å². The van der Waals surface area contributed by atoms with Crippen molar-refractivity contribution in [3.8, 4) is 5.75 Å². The maximum Gasteiger partial charge on any atom is 0.264 e. The number of nitrogens with one attached hydrogen (secondary N) is 3. The number of rotatable bonds is 5. The van der Waals surface area contributed by atoms with Crippen LogP contribution in [0.15, 0.2) is 29.2 Å². The zero-order valence-corrected chi connectivity index (χ0v) is 17.3. The third kappa shape index (κ3) is 5.27. The second kappa shape index (κ2) is 9.26. The van der Waals surface area contributed by atoms with E-state index in [1.807, 2.05) is 5.32 Å². The summed E-state index contributed by atoms with van der Waals surface area (Å²) in [5, 5.41) is 3.74. The Morgan fingerprint density at radius 2 is 1.48 bits per heavy atom. The van der Waals surface area contributed by atoms with Crippen LogP contribution in [0, 0.1) is 23.3 Å². The number of benzene rings is 2. The van der Waals surface area contributed by atoms with Crippen LogP contribution in [0.3, 0.4) is 0 Å². The molecule has 0 aliphatic heterocycles. The summed E-state index contributed by atoms with van der Waals surface area (Å²) in [7, 11) is -3.29. The van der Waals surface area contributed by atoms with Crippen molar-refractivity contribution in [1.82, 2.24) is 10.0 Å². The number of carbonyl (C=O) groups is 2. The minimum absolute atomic E-state index is 0.139. The van der Waals surface area contributed by atoms with Gasteiger partial charge in [-0.15, -0.1) is 0 Å². The van der Waals surface area contributed by atoms with Gasteiger partial charge in [-0.3, -0.25) is 14.9 Å². The molecule has 31 heavy (non-hydrogen) atoms. The predicted octanol–water partition coefficient (Wildman–Crippen LogP) is 2.20. The Labute approximate surface area is 178 Å². The highest BCUT2D eigenvalue weighted by Crippen LogP contribution is 2.29. The molecular formula is C17H13F4N3O5S2. The monoisotopic (exact) mass is 479 g/mol. The zero-order valence-electron chi connectivity index (χ0n) is 15.7. The SMILES string of the molecule is COc1c(F)c(F)c(C(=O)NC(=S)Nc2ccc(S(=O)(=O)NC(C)=O)cc2)c(F)c1F. The van der Waals surface area contributed by atoms with Crippen molar-refractivity contribution in [2.45, 2.75) is 11.8 Å². The average Bonchev–Trinajstić information content (AvgIpc) is 2.66. The van der Waals surface area contributed by atoms with Crippen LogP contribution >= 0.6 is 12.2 Å². The van der Waals surface area contributed by atoms with Crippen LogP contribution in [-0.4, -0.2) is 32.5 Å². The summed E-state index contributed by atoms with van der Waals surface area (Å²) in [6.07, 6.45) is 0. The second-order valence-electron chi connectivity index (χ2n) is 5.76. The topological polar surface area (TPSA) is 114 Å². The van der Waals surface area contributed by atoms with Gasteiger partial charge in [-0.2, -0.15) is 8.78 Å². The minimum Gasteiger partial charge on any atom is -0.491 e. The first-order valence-corrected chi connectivity index (χ1v) is 9.94. The van der Waals surface area contributed by atoms with Gasteiger partial charge < -0.3 is 10.1 Å². The van der Waals surface area contributed by atoms with Crippen molar-refractivity contribution in [3.63, 3.8) is 0 Å². The molecule has 0 aliphatic rings. The third-order valence-corrected chi connectivity index (χ3v) is 5.24. The summed E-state index contributed by atoms with van der Waals surface area (Å²) in [6.45, 7) is 1.01. The molecule has 0 aliphatic carbocycles. The Morgan fingerprint density at radius 1 is 0.968 bits per heavy atom. The molecule has 0 aromatic heterocycles. The average molecular weight is 479 g/mol. The molecule has 0 heterocycles. The van der Waals surface area contributed by atoms with E-state index in [2.05, 4.69) is 10.1 Å². The fourth-order valence-electron chi connectivity index (χ4n) is 2.28. The van der Waals surface area contributed by atoms with Gasteiger partial charge >= 0.3 is 0 Å². The van der Waals surface area contributed by atoms with Crippen molar-refractivity contribution in [2.75, 3.05) is 12.4 Å². The number of amides is 2. The summed E-state index contributed by atoms with van der Waals surface area (Å²) in [5.41, 5.74) is -1.42. The van der Waals surface area contributed by atoms with Gasteiger partial charge in [0.1, 0.15) is 5.56 Å². The summed E-state index contributed by atoms with van der Waals surface area (Å²) < 4.78 is 85.2. The largest absolute Gasteiger partial charge is 0.491 e. The number of ether oxygens (including phenoxy) is 1. The Bertz CT molecular complexity index is 1140. The van der Waals surface area contributed by atoms with Gasteiger partial charge in [-0.25, -0.2) is 21.9 Å². The van der Waals surface area contributed by atoms with E-state index in [0.29, 0.717) is 0 Å². The van der Waals surface area contributed by atoms with Gasteiger partial charge in [0.25, 0.3) is 15.9 Å². The summed E-state index contributed by atoms with van der Waals surface area (Å²) in [6, 6.07) is 4.62. The summed E-state index contributed by atoms with van der Waals surface area (Å²) >= 11 is 4.80. The Hall–Kier alpha value is -3.26. The maximum atomic E-state index is 14.0. The Kier molecular flexibility index (Phi) is 7.17. The number of hydrogen-bond acceptors (Lipinski definition) is 6. The normalized spacial score (nSPS) is 10.9. The lowest BCUT2D eigenvalue weighted by molar-refractivity contribution is -0.117. The van der Waals surface area contributed by atoms with Crippen molar-refractivity contribution in [3.05, 3.63) is 53.1 Å². The van der Waals surface area contributed by atoms with Gasteiger partial charge in [0.05, 0.1) is 12.0 Å². The van der Waals surface area contributed by atoms with E-state index < -0.39 is 61.5 Å². The molecule has 0 bridgehead atoms. The highest BCUT2D eigenvalue weighted by molar-refractivity contribution is 7.90. The number of sulfonamides is 1. The van der Waals surface area contributed by atoms with E-state index in [0.717, 1.165) is 26.2 Å². The van der Waals surface area contributed by atoms with Crippen LogP contribution in [0.2, 0.25) is 0 Å². The number of thiocarbonyl (C=S) groups is 1. The quantitative estimate of drug-likeness (QED) is 0.342. The lowest BCUT2D eigenvalue weighted by Gasteiger charge is -2.13. The van der Waals surface area contributed by atoms with E-state index in [4.69, 9.17) is 12.2 Å².